The molecule has 1 aromatic rings. The Labute approximate surface area is 150 Å². The van der Waals surface area contributed by atoms with Crippen molar-refractivity contribution in [3.8, 4) is 0 Å². The van der Waals surface area contributed by atoms with Crippen LogP contribution in [0.1, 0.15) is 38.3 Å². The molecule has 1 saturated heterocycles. The number of rotatable bonds is 5. The topological polar surface area (TPSA) is 15.3 Å². The van der Waals surface area contributed by atoms with Crippen molar-refractivity contribution in [3.05, 3.63) is 34.3 Å². The molecule has 0 aromatic heterocycles. The highest BCUT2D eigenvalue weighted by Gasteiger charge is 2.22. The molecule has 122 valence electrons. The van der Waals surface area contributed by atoms with Gasteiger partial charge in [0.05, 0.1) is 0 Å². The summed E-state index contributed by atoms with van der Waals surface area (Å²) in [7, 11) is 0. The van der Waals surface area contributed by atoms with Crippen molar-refractivity contribution in [1.29, 1.82) is 0 Å². The molecule has 0 bridgehead atoms. The van der Waals surface area contributed by atoms with Crippen LogP contribution in [-0.4, -0.2) is 31.1 Å². The average Bonchev–Trinajstić information content (AvgIpc) is 2.42. The van der Waals surface area contributed by atoms with Crippen LogP contribution in [0.4, 0.5) is 0 Å². The van der Waals surface area contributed by atoms with Crippen molar-refractivity contribution >= 4 is 40.7 Å². The fourth-order valence-electron chi connectivity index (χ4n) is 2.73. The van der Waals surface area contributed by atoms with Gasteiger partial charge in [-0.25, -0.2) is 0 Å². The fraction of sp³-hybridized carbons (Fsp3) is 0.625. The Hall–Kier alpha value is 0.200. The number of nitrogens with one attached hydrogen (secondary N) is 1. The molecule has 0 amide bonds. The van der Waals surface area contributed by atoms with Crippen molar-refractivity contribution in [3.63, 3.8) is 0 Å². The molecule has 21 heavy (non-hydrogen) atoms. The summed E-state index contributed by atoms with van der Waals surface area (Å²) in [5.74, 6) is 0.779. The highest BCUT2D eigenvalue weighted by atomic mass is 79.9. The smallest absolute Gasteiger partial charge is 0.0349 e. The van der Waals surface area contributed by atoms with Crippen molar-refractivity contribution in [2.75, 3.05) is 26.2 Å². The van der Waals surface area contributed by atoms with E-state index in [9.17, 15) is 0 Å². The first kappa shape index (κ1) is 21.2. The monoisotopic (exact) mass is 396 g/mol. The largest absolute Gasteiger partial charge is 0.314 e. The first-order valence-electron chi connectivity index (χ1n) is 7.37. The van der Waals surface area contributed by atoms with Crippen LogP contribution < -0.4 is 5.32 Å². The maximum absolute atomic E-state index is 3.53. The van der Waals surface area contributed by atoms with E-state index in [1.807, 2.05) is 0 Å². The number of benzene rings is 1. The van der Waals surface area contributed by atoms with E-state index in [1.54, 1.807) is 0 Å². The van der Waals surface area contributed by atoms with Crippen molar-refractivity contribution in [1.82, 2.24) is 10.2 Å². The van der Waals surface area contributed by atoms with Gasteiger partial charge in [0.25, 0.3) is 0 Å². The molecule has 0 spiro atoms. The van der Waals surface area contributed by atoms with Crippen LogP contribution in [0.15, 0.2) is 28.7 Å². The molecule has 0 aliphatic carbocycles. The van der Waals surface area contributed by atoms with Gasteiger partial charge in [0.2, 0.25) is 0 Å². The summed E-state index contributed by atoms with van der Waals surface area (Å²) in [5.41, 5.74) is 1.46. The van der Waals surface area contributed by atoms with Crippen LogP contribution in [0, 0.1) is 5.92 Å². The number of halogens is 3. The lowest BCUT2D eigenvalue weighted by Crippen LogP contribution is -2.45. The SMILES string of the molecule is CC(C)CC[C@H](c1ccc(Br)cc1)N1CCNCC1.Cl.Cl. The van der Waals surface area contributed by atoms with Gasteiger partial charge in [0.1, 0.15) is 0 Å². The fourth-order valence-corrected chi connectivity index (χ4v) is 2.99. The van der Waals surface area contributed by atoms with Gasteiger partial charge >= 0.3 is 0 Å². The van der Waals surface area contributed by atoms with Gasteiger partial charge in [0, 0.05) is 36.7 Å². The van der Waals surface area contributed by atoms with Crippen LogP contribution in [-0.2, 0) is 0 Å². The highest BCUT2D eigenvalue weighted by molar-refractivity contribution is 9.10. The van der Waals surface area contributed by atoms with E-state index in [1.165, 1.54) is 36.0 Å². The van der Waals surface area contributed by atoms with Gasteiger partial charge in [-0.15, -0.1) is 24.8 Å². The number of piperazine rings is 1. The second-order valence-electron chi connectivity index (χ2n) is 5.82. The summed E-state index contributed by atoms with van der Waals surface area (Å²) in [6, 6.07) is 9.46. The zero-order chi connectivity index (χ0) is 13.7. The Kier molecular flexibility index (Phi) is 11.0. The van der Waals surface area contributed by atoms with E-state index >= 15 is 0 Å². The Balaban J connectivity index is 0.00000200. The second-order valence-corrected chi connectivity index (χ2v) is 6.74. The molecule has 2 rings (SSSR count). The second kappa shape index (κ2) is 10.8. The van der Waals surface area contributed by atoms with E-state index in [0.29, 0.717) is 6.04 Å². The Morgan fingerprint density at radius 2 is 1.62 bits per heavy atom. The summed E-state index contributed by atoms with van der Waals surface area (Å²) in [6.07, 6.45) is 2.56. The molecule has 0 saturated carbocycles. The lowest BCUT2D eigenvalue weighted by Gasteiger charge is -2.35. The summed E-state index contributed by atoms with van der Waals surface area (Å²) < 4.78 is 1.17. The van der Waals surface area contributed by atoms with Crippen molar-refractivity contribution in [2.24, 2.45) is 5.92 Å². The van der Waals surface area contributed by atoms with E-state index in [0.717, 1.165) is 19.0 Å². The maximum atomic E-state index is 3.53. The van der Waals surface area contributed by atoms with Gasteiger partial charge in [0.15, 0.2) is 0 Å². The Bertz CT molecular complexity index is 378. The maximum Gasteiger partial charge on any atom is 0.0349 e. The van der Waals surface area contributed by atoms with Crippen LogP contribution in [0.5, 0.6) is 0 Å². The first-order valence-corrected chi connectivity index (χ1v) is 8.16. The molecule has 5 heteroatoms. The van der Waals surface area contributed by atoms with Crippen LogP contribution in [0.3, 0.4) is 0 Å². The molecule has 0 radical (unpaired) electrons. The minimum absolute atomic E-state index is 0. The van der Waals surface area contributed by atoms with E-state index < -0.39 is 0 Å². The molecule has 2 nitrogen and oxygen atoms in total. The summed E-state index contributed by atoms with van der Waals surface area (Å²) in [6.45, 7) is 9.20. The summed E-state index contributed by atoms with van der Waals surface area (Å²) in [4.78, 5) is 2.64. The Morgan fingerprint density at radius 1 is 1.05 bits per heavy atom. The van der Waals surface area contributed by atoms with E-state index in [2.05, 4.69) is 64.3 Å². The molecule has 1 N–H and O–H groups in total. The molecular formula is C16H27BrCl2N2. The molecule has 1 fully saturated rings. The van der Waals surface area contributed by atoms with Gasteiger partial charge < -0.3 is 5.32 Å². The zero-order valence-electron chi connectivity index (χ0n) is 12.8. The van der Waals surface area contributed by atoms with Gasteiger partial charge in [-0.2, -0.15) is 0 Å². The number of nitrogens with zero attached hydrogens (tertiary/aromatic N) is 1. The molecule has 1 aromatic carbocycles. The standard InChI is InChI=1S/C16H25BrN2.2ClH/c1-13(2)3-8-16(19-11-9-18-10-12-19)14-4-6-15(17)7-5-14;;/h4-7,13,16,18H,3,8-12H2,1-2H3;2*1H/t16-;;/m1../s1. The number of hydrogen-bond donors (Lipinski definition) is 1. The molecule has 1 aliphatic rings. The predicted octanol–water partition coefficient (Wildman–Crippen LogP) is 4.68. The molecule has 0 unspecified atom stereocenters. The third-order valence-corrected chi connectivity index (χ3v) is 4.39. The summed E-state index contributed by atoms with van der Waals surface area (Å²) in [5, 5.41) is 3.45. The average molecular weight is 398 g/mol. The van der Waals surface area contributed by atoms with Crippen LogP contribution >= 0.6 is 40.7 Å². The van der Waals surface area contributed by atoms with Gasteiger partial charge in [-0.05, 0) is 36.5 Å². The third kappa shape index (κ3) is 6.87. The van der Waals surface area contributed by atoms with Gasteiger partial charge in [-0.1, -0.05) is 41.9 Å². The minimum atomic E-state index is 0. The highest BCUT2D eigenvalue weighted by Crippen LogP contribution is 2.28. The van der Waals surface area contributed by atoms with Gasteiger partial charge in [-0.3, -0.25) is 4.90 Å². The van der Waals surface area contributed by atoms with Crippen molar-refractivity contribution in [2.45, 2.75) is 32.7 Å². The first-order chi connectivity index (χ1) is 9.16. The predicted molar refractivity (Wildman–Crippen MR) is 99.9 cm³/mol. The zero-order valence-corrected chi connectivity index (χ0v) is 16.1. The summed E-state index contributed by atoms with van der Waals surface area (Å²) >= 11 is 3.53. The van der Waals surface area contributed by atoms with E-state index in [4.69, 9.17) is 0 Å². The molecule has 1 heterocycles. The molecule has 1 aliphatic heterocycles. The number of hydrogen-bond acceptors (Lipinski definition) is 2. The molecule has 1 atom stereocenters. The normalized spacial score (nSPS) is 17.0. The molecular weight excluding hydrogens is 371 g/mol. The quantitative estimate of drug-likeness (QED) is 0.776. The van der Waals surface area contributed by atoms with Crippen molar-refractivity contribution < 1.29 is 0 Å². The lowest BCUT2D eigenvalue weighted by atomic mass is 9.96. The Morgan fingerprint density at radius 3 is 2.14 bits per heavy atom. The van der Waals surface area contributed by atoms with Crippen LogP contribution in [0.2, 0.25) is 0 Å². The minimum Gasteiger partial charge on any atom is -0.314 e. The van der Waals surface area contributed by atoms with Crippen LogP contribution in [0.25, 0.3) is 0 Å². The van der Waals surface area contributed by atoms with E-state index in [-0.39, 0.29) is 24.8 Å². The lowest BCUT2D eigenvalue weighted by molar-refractivity contribution is 0.160. The third-order valence-electron chi connectivity index (χ3n) is 3.86.